The number of rotatable bonds is 7. The lowest BCUT2D eigenvalue weighted by molar-refractivity contribution is 0.148. The lowest BCUT2D eigenvalue weighted by Crippen LogP contribution is -2.43. The summed E-state index contributed by atoms with van der Waals surface area (Å²) >= 11 is 0. The molecule has 1 aliphatic heterocycles. The zero-order valence-corrected chi connectivity index (χ0v) is 18.9. The Morgan fingerprint density at radius 1 is 1.16 bits per heavy atom. The minimum atomic E-state index is -0.177. The third-order valence-electron chi connectivity index (χ3n) is 5.82. The molecule has 0 radical (unpaired) electrons. The molecule has 1 aliphatic rings. The van der Waals surface area contributed by atoms with E-state index in [-0.39, 0.29) is 5.56 Å². The molecule has 8 heteroatoms. The largest absolute Gasteiger partial charge is 0.493 e. The summed E-state index contributed by atoms with van der Waals surface area (Å²) in [5, 5.41) is 4.78. The first-order valence-corrected chi connectivity index (χ1v) is 11.2. The van der Waals surface area contributed by atoms with Crippen LogP contribution in [0.15, 0.2) is 23.0 Å². The van der Waals surface area contributed by atoms with Crippen molar-refractivity contribution >= 4 is 5.52 Å². The normalized spacial score (nSPS) is 15.6. The van der Waals surface area contributed by atoms with Gasteiger partial charge in [-0.2, -0.15) is 0 Å². The van der Waals surface area contributed by atoms with Crippen molar-refractivity contribution in [3.05, 3.63) is 45.6 Å². The van der Waals surface area contributed by atoms with Crippen LogP contribution in [-0.4, -0.2) is 69.2 Å². The van der Waals surface area contributed by atoms with E-state index in [1.807, 2.05) is 19.9 Å². The molecule has 2 aromatic heterocycles. The van der Waals surface area contributed by atoms with Gasteiger partial charge in [0.2, 0.25) is 0 Å². The molecule has 0 atom stereocenters. The Hall–Kier alpha value is -2.71. The molecule has 1 fully saturated rings. The summed E-state index contributed by atoms with van der Waals surface area (Å²) < 4.78 is 7.58. The number of nitrogens with zero attached hydrogens (tertiary/aromatic N) is 5. The molecule has 1 N–H and O–H groups in total. The van der Waals surface area contributed by atoms with Crippen molar-refractivity contribution in [1.29, 1.82) is 0 Å². The second kappa shape index (κ2) is 9.20. The van der Waals surface area contributed by atoms with Crippen LogP contribution in [0, 0.1) is 6.92 Å². The molecule has 0 aliphatic carbocycles. The van der Waals surface area contributed by atoms with E-state index in [0.717, 1.165) is 62.7 Å². The van der Waals surface area contributed by atoms with Gasteiger partial charge in [0.05, 0.1) is 17.9 Å². The fourth-order valence-electron chi connectivity index (χ4n) is 4.15. The third kappa shape index (κ3) is 4.50. The molecule has 3 aromatic rings. The number of benzene rings is 1. The van der Waals surface area contributed by atoms with Crippen molar-refractivity contribution in [2.75, 3.05) is 39.8 Å². The van der Waals surface area contributed by atoms with E-state index in [9.17, 15) is 4.79 Å². The number of hydrogen-bond donors (Lipinski definition) is 1. The number of nitrogens with one attached hydrogen (secondary N) is 1. The average Bonchev–Trinajstić information content (AvgIpc) is 3.07. The van der Waals surface area contributed by atoms with Gasteiger partial charge in [-0.1, -0.05) is 13.0 Å². The maximum atomic E-state index is 12.9. The Kier molecular flexibility index (Phi) is 6.38. The molecule has 0 unspecified atom stereocenters. The quantitative estimate of drug-likeness (QED) is 0.628. The monoisotopic (exact) mass is 424 g/mol. The van der Waals surface area contributed by atoms with Crippen molar-refractivity contribution in [3.63, 3.8) is 0 Å². The van der Waals surface area contributed by atoms with Crippen molar-refractivity contribution in [2.24, 2.45) is 0 Å². The number of hydrogen-bond acceptors (Lipinski definition) is 6. The van der Waals surface area contributed by atoms with Gasteiger partial charge in [0.1, 0.15) is 11.6 Å². The van der Waals surface area contributed by atoms with Gasteiger partial charge in [-0.25, -0.2) is 9.50 Å². The lowest BCUT2D eigenvalue weighted by Gasteiger charge is -2.32. The van der Waals surface area contributed by atoms with Gasteiger partial charge in [-0.3, -0.25) is 9.69 Å². The molecular formula is C23H32N6O2. The summed E-state index contributed by atoms with van der Waals surface area (Å²) in [6, 6.07) is 6.19. The zero-order chi connectivity index (χ0) is 22.0. The molecule has 3 heterocycles. The molecule has 0 saturated carbocycles. The summed E-state index contributed by atoms with van der Waals surface area (Å²) in [5.74, 6) is 2.05. The molecule has 0 bridgehead atoms. The van der Waals surface area contributed by atoms with Gasteiger partial charge in [0.25, 0.3) is 5.56 Å². The number of aryl methyl sites for hydroxylation is 2. The van der Waals surface area contributed by atoms with Crippen LogP contribution >= 0.6 is 0 Å². The lowest BCUT2D eigenvalue weighted by atomic mass is 10.1. The molecule has 0 amide bonds. The first-order valence-electron chi connectivity index (χ1n) is 11.2. The zero-order valence-electron chi connectivity index (χ0n) is 18.9. The number of imidazole rings is 1. The van der Waals surface area contributed by atoms with Crippen LogP contribution in [0.3, 0.4) is 0 Å². The van der Waals surface area contributed by atoms with Gasteiger partial charge < -0.3 is 14.6 Å². The molecule has 1 aromatic carbocycles. The summed E-state index contributed by atoms with van der Waals surface area (Å²) in [7, 11) is 2.16. The Morgan fingerprint density at radius 3 is 2.65 bits per heavy atom. The predicted molar refractivity (Wildman–Crippen MR) is 122 cm³/mol. The van der Waals surface area contributed by atoms with Crippen LogP contribution < -0.4 is 10.3 Å². The fraction of sp³-hybridized carbons (Fsp3) is 0.522. The SMILES string of the molecule is CCCc1nc(C)c2c(=O)[nH]c(-c3cc(CN4CCN(C)CC4)ccc3OCC)nn12. The van der Waals surface area contributed by atoms with Crippen molar-refractivity contribution in [1.82, 2.24) is 29.4 Å². The molecule has 8 nitrogen and oxygen atoms in total. The van der Waals surface area contributed by atoms with Crippen molar-refractivity contribution in [2.45, 2.75) is 40.2 Å². The topological polar surface area (TPSA) is 78.8 Å². The van der Waals surface area contributed by atoms with Gasteiger partial charge in [0.15, 0.2) is 11.3 Å². The number of ether oxygens (including phenoxy) is 1. The standard InChI is InChI=1S/C23H32N6O2/c1-5-7-20-24-16(3)21-23(30)25-22(26-29(20)21)18-14-17(8-9-19(18)31-6-2)15-28-12-10-27(4)11-13-28/h8-9,14H,5-7,10-13,15H2,1-4H3,(H,25,26,30). The average molecular weight is 425 g/mol. The molecule has 4 rings (SSSR count). The summed E-state index contributed by atoms with van der Waals surface area (Å²) in [6.45, 7) is 11.6. The fourth-order valence-corrected chi connectivity index (χ4v) is 4.15. The van der Waals surface area contributed by atoms with E-state index >= 15 is 0 Å². The highest BCUT2D eigenvalue weighted by Crippen LogP contribution is 2.29. The summed E-state index contributed by atoms with van der Waals surface area (Å²) in [4.78, 5) is 25.3. The van der Waals surface area contributed by atoms with Crippen molar-refractivity contribution < 1.29 is 4.74 Å². The maximum Gasteiger partial charge on any atom is 0.277 e. The van der Waals surface area contributed by atoms with Crippen LogP contribution in [0.2, 0.25) is 0 Å². The summed E-state index contributed by atoms with van der Waals surface area (Å²) in [6.07, 6.45) is 1.71. The van der Waals surface area contributed by atoms with Crippen LogP contribution in [0.25, 0.3) is 16.9 Å². The minimum Gasteiger partial charge on any atom is -0.493 e. The first kappa shape index (κ1) is 21.5. The van der Waals surface area contributed by atoms with E-state index in [2.05, 4.69) is 45.9 Å². The van der Waals surface area contributed by atoms with Gasteiger partial charge in [0, 0.05) is 39.1 Å². The van der Waals surface area contributed by atoms with Crippen molar-refractivity contribution in [3.8, 4) is 17.1 Å². The predicted octanol–water partition coefficient (Wildman–Crippen LogP) is 2.49. The van der Waals surface area contributed by atoms with E-state index in [1.165, 1.54) is 5.56 Å². The van der Waals surface area contributed by atoms with E-state index in [0.29, 0.717) is 23.6 Å². The Balaban J connectivity index is 1.75. The highest BCUT2D eigenvalue weighted by molar-refractivity contribution is 5.66. The van der Waals surface area contributed by atoms with E-state index in [1.54, 1.807) is 4.52 Å². The second-order valence-electron chi connectivity index (χ2n) is 8.27. The highest BCUT2D eigenvalue weighted by atomic mass is 16.5. The van der Waals surface area contributed by atoms with Gasteiger partial charge >= 0.3 is 0 Å². The maximum absolute atomic E-state index is 12.9. The molecule has 0 spiro atoms. The number of H-pyrrole nitrogens is 1. The number of aromatic nitrogens is 4. The molecule has 166 valence electrons. The first-order chi connectivity index (χ1) is 15.0. The Morgan fingerprint density at radius 2 is 1.94 bits per heavy atom. The summed E-state index contributed by atoms with van der Waals surface area (Å²) in [5.41, 5.74) is 3.03. The van der Waals surface area contributed by atoms with Crippen LogP contribution in [0.4, 0.5) is 0 Å². The molecular weight excluding hydrogens is 392 g/mol. The Labute approximate surface area is 182 Å². The number of piperazine rings is 1. The number of aromatic amines is 1. The molecule has 31 heavy (non-hydrogen) atoms. The smallest absolute Gasteiger partial charge is 0.277 e. The number of likely N-dealkylation sites (N-methyl/N-ethyl adjacent to an activating group) is 1. The second-order valence-corrected chi connectivity index (χ2v) is 8.27. The third-order valence-corrected chi connectivity index (χ3v) is 5.82. The van der Waals surface area contributed by atoms with Crippen LogP contribution in [0.5, 0.6) is 5.75 Å². The van der Waals surface area contributed by atoms with Crippen LogP contribution in [0.1, 0.15) is 37.4 Å². The Bertz CT molecular complexity index is 1110. The van der Waals surface area contributed by atoms with E-state index in [4.69, 9.17) is 9.84 Å². The highest BCUT2D eigenvalue weighted by Gasteiger charge is 2.19. The van der Waals surface area contributed by atoms with Crippen LogP contribution in [-0.2, 0) is 13.0 Å². The van der Waals surface area contributed by atoms with E-state index < -0.39 is 0 Å². The van der Waals surface area contributed by atoms with Gasteiger partial charge in [-0.05, 0) is 45.0 Å². The minimum absolute atomic E-state index is 0.177. The molecule has 1 saturated heterocycles. The van der Waals surface area contributed by atoms with Gasteiger partial charge in [-0.15, -0.1) is 5.10 Å². The number of fused-ring (bicyclic) bond motifs is 1.